The Balaban J connectivity index is 1.93. The van der Waals surface area contributed by atoms with Crippen molar-refractivity contribution in [1.29, 1.82) is 0 Å². The lowest BCUT2D eigenvalue weighted by atomic mass is 10.1. The molecular formula is C18H18N2O3. The molecule has 0 saturated carbocycles. The summed E-state index contributed by atoms with van der Waals surface area (Å²) in [5.74, 6) is 0.893. The van der Waals surface area contributed by atoms with Crippen LogP contribution in [0, 0.1) is 6.92 Å². The number of amides is 1. The first-order chi connectivity index (χ1) is 11.0. The van der Waals surface area contributed by atoms with E-state index in [1.165, 1.54) is 0 Å². The molecule has 1 amide bonds. The van der Waals surface area contributed by atoms with Crippen molar-refractivity contribution in [2.45, 2.75) is 26.9 Å². The summed E-state index contributed by atoms with van der Waals surface area (Å²) in [7, 11) is 0. The van der Waals surface area contributed by atoms with Crippen molar-refractivity contribution < 1.29 is 13.9 Å². The van der Waals surface area contributed by atoms with E-state index in [9.17, 15) is 4.79 Å². The number of hydrogen-bond acceptors (Lipinski definition) is 4. The first kappa shape index (κ1) is 15.1. The van der Waals surface area contributed by atoms with E-state index in [2.05, 4.69) is 10.3 Å². The van der Waals surface area contributed by atoms with Crippen LogP contribution in [0.3, 0.4) is 0 Å². The largest absolute Gasteiger partial charge is 0.490 e. The summed E-state index contributed by atoms with van der Waals surface area (Å²) in [6, 6.07) is 10.7. The quantitative estimate of drug-likeness (QED) is 0.785. The molecule has 2 aromatic heterocycles. The van der Waals surface area contributed by atoms with Gasteiger partial charge in [-0.05, 0) is 51.1 Å². The van der Waals surface area contributed by atoms with Crippen molar-refractivity contribution in [2.75, 3.05) is 5.32 Å². The summed E-state index contributed by atoms with van der Waals surface area (Å²) < 4.78 is 11.2. The molecule has 0 radical (unpaired) electrons. The Kier molecular flexibility index (Phi) is 4.02. The first-order valence-corrected chi connectivity index (χ1v) is 7.46. The molecule has 3 aromatic rings. The molecule has 1 aromatic carbocycles. The highest BCUT2D eigenvalue weighted by atomic mass is 16.5. The smallest absolute Gasteiger partial charge is 0.257 e. The summed E-state index contributed by atoms with van der Waals surface area (Å²) in [5, 5.41) is 3.64. The van der Waals surface area contributed by atoms with Gasteiger partial charge < -0.3 is 14.5 Å². The van der Waals surface area contributed by atoms with Crippen LogP contribution in [-0.2, 0) is 0 Å². The van der Waals surface area contributed by atoms with Gasteiger partial charge in [0, 0.05) is 11.3 Å². The minimum Gasteiger partial charge on any atom is -0.490 e. The van der Waals surface area contributed by atoms with Crippen LogP contribution in [0.15, 0.2) is 47.1 Å². The number of anilines is 1. The fraction of sp³-hybridized carbons (Fsp3) is 0.222. The molecule has 2 heterocycles. The number of fused-ring (bicyclic) bond motifs is 1. The molecule has 0 aliphatic carbocycles. The molecule has 0 spiro atoms. The Bertz CT molecular complexity index is 852. The summed E-state index contributed by atoms with van der Waals surface area (Å²) >= 11 is 0. The van der Waals surface area contributed by atoms with Crippen molar-refractivity contribution in [1.82, 2.24) is 4.98 Å². The van der Waals surface area contributed by atoms with E-state index in [4.69, 9.17) is 9.15 Å². The van der Waals surface area contributed by atoms with Crippen LogP contribution in [0.4, 0.5) is 5.82 Å². The van der Waals surface area contributed by atoms with Crippen molar-refractivity contribution in [3.63, 3.8) is 0 Å². The monoisotopic (exact) mass is 310 g/mol. The zero-order chi connectivity index (χ0) is 16.4. The summed E-state index contributed by atoms with van der Waals surface area (Å²) in [5.41, 5.74) is 1.92. The number of nitrogens with one attached hydrogen (secondary N) is 1. The van der Waals surface area contributed by atoms with Gasteiger partial charge >= 0.3 is 0 Å². The molecule has 0 fully saturated rings. The molecule has 3 rings (SSSR count). The molecule has 0 aliphatic rings. The molecular weight excluding hydrogens is 292 g/mol. The Hall–Kier alpha value is -2.82. The van der Waals surface area contributed by atoms with Crippen LogP contribution in [-0.4, -0.2) is 17.0 Å². The number of carbonyl (C=O) groups is 1. The maximum absolute atomic E-state index is 12.5. The maximum atomic E-state index is 12.5. The second-order valence-corrected chi connectivity index (χ2v) is 5.59. The topological polar surface area (TPSA) is 64.4 Å². The molecule has 0 unspecified atom stereocenters. The van der Waals surface area contributed by atoms with Crippen LogP contribution < -0.4 is 10.1 Å². The highest BCUT2D eigenvalue weighted by Crippen LogP contribution is 2.29. The molecule has 0 aliphatic heterocycles. The van der Waals surface area contributed by atoms with Crippen LogP contribution in [0.5, 0.6) is 5.75 Å². The van der Waals surface area contributed by atoms with Crippen LogP contribution in [0.25, 0.3) is 11.0 Å². The standard InChI is InChI=1S/C18H18N2O3/c1-11(2)23-16-10-13(9-15-14(16)7-8-22-15)18(21)20-17-6-4-5-12(3)19-17/h4-11H,1-3H3,(H,19,20,21). The first-order valence-electron chi connectivity index (χ1n) is 7.46. The van der Waals surface area contributed by atoms with E-state index in [1.807, 2.05) is 39.0 Å². The number of pyridine rings is 1. The Morgan fingerprint density at radius 1 is 1.26 bits per heavy atom. The number of furan rings is 1. The van der Waals surface area contributed by atoms with Gasteiger partial charge in [-0.2, -0.15) is 0 Å². The average molecular weight is 310 g/mol. The van der Waals surface area contributed by atoms with E-state index >= 15 is 0 Å². The Morgan fingerprint density at radius 2 is 2.09 bits per heavy atom. The molecule has 0 atom stereocenters. The van der Waals surface area contributed by atoms with Crippen molar-refractivity contribution in [2.24, 2.45) is 0 Å². The van der Waals surface area contributed by atoms with Crippen molar-refractivity contribution in [3.8, 4) is 5.75 Å². The number of aryl methyl sites for hydroxylation is 1. The highest BCUT2D eigenvalue weighted by Gasteiger charge is 2.14. The van der Waals surface area contributed by atoms with Gasteiger partial charge in [0.2, 0.25) is 0 Å². The number of ether oxygens (including phenoxy) is 1. The molecule has 0 saturated heterocycles. The maximum Gasteiger partial charge on any atom is 0.257 e. The second-order valence-electron chi connectivity index (χ2n) is 5.59. The SMILES string of the molecule is Cc1cccc(NC(=O)c2cc(OC(C)C)c3ccoc3c2)n1. The van der Waals surface area contributed by atoms with Gasteiger partial charge in [-0.25, -0.2) is 4.98 Å². The number of carbonyl (C=O) groups excluding carboxylic acids is 1. The molecule has 118 valence electrons. The van der Waals surface area contributed by atoms with Gasteiger partial charge in [0.25, 0.3) is 5.91 Å². The lowest BCUT2D eigenvalue weighted by Gasteiger charge is -2.12. The van der Waals surface area contributed by atoms with Gasteiger partial charge in [-0.3, -0.25) is 4.79 Å². The molecule has 23 heavy (non-hydrogen) atoms. The third-order valence-electron chi connectivity index (χ3n) is 3.29. The zero-order valence-electron chi connectivity index (χ0n) is 13.3. The molecule has 0 bridgehead atoms. The van der Waals surface area contributed by atoms with Gasteiger partial charge in [-0.15, -0.1) is 0 Å². The molecule has 1 N–H and O–H groups in total. The van der Waals surface area contributed by atoms with E-state index in [0.29, 0.717) is 22.7 Å². The zero-order valence-corrected chi connectivity index (χ0v) is 13.3. The summed E-state index contributed by atoms with van der Waals surface area (Å²) in [6.07, 6.45) is 1.59. The number of rotatable bonds is 4. The Morgan fingerprint density at radius 3 is 2.83 bits per heavy atom. The number of aromatic nitrogens is 1. The second kappa shape index (κ2) is 6.12. The lowest BCUT2D eigenvalue weighted by Crippen LogP contribution is -2.14. The third-order valence-corrected chi connectivity index (χ3v) is 3.29. The Labute approximate surface area is 134 Å². The van der Waals surface area contributed by atoms with Gasteiger partial charge in [0.05, 0.1) is 17.8 Å². The molecule has 5 nitrogen and oxygen atoms in total. The number of benzene rings is 1. The fourth-order valence-corrected chi connectivity index (χ4v) is 2.32. The van der Waals surface area contributed by atoms with E-state index in [1.54, 1.807) is 24.5 Å². The average Bonchev–Trinajstić information content (AvgIpc) is 2.95. The summed E-state index contributed by atoms with van der Waals surface area (Å²) in [6.45, 7) is 5.75. The minimum atomic E-state index is -0.255. The van der Waals surface area contributed by atoms with E-state index in [0.717, 1.165) is 11.1 Å². The van der Waals surface area contributed by atoms with E-state index in [-0.39, 0.29) is 12.0 Å². The van der Waals surface area contributed by atoms with Gasteiger partial charge in [0.15, 0.2) is 0 Å². The van der Waals surface area contributed by atoms with Crippen LogP contribution in [0.1, 0.15) is 29.9 Å². The highest BCUT2D eigenvalue weighted by molar-refractivity contribution is 6.06. The van der Waals surface area contributed by atoms with Crippen LogP contribution >= 0.6 is 0 Å². The van der Waals surface area contributed by atoms with Gasteiger partial charge in [0.1, 0.15) is 17.2 Å². The van der Waals surface area contributed by atoms with Gasteiger partial charge in [-0.1, -0.05) is 6.07 Å². The summed E-state index contributed by atoms with van der Waals surface area (Å²) in [4.78, 5) is 16.8. The number of nitrogens with zero attached hydrogens (tertiary/aromatic N) is 1. The molecule has 5 heteroatoms. The van der Waals surface area contributed by atoms with Crippen LogP contribution in [0.2, 0.25) is 0 Å². The predicted molar refractivity (Wildman–Crippen MR) is 88.9 cm³/mol. The number of hydrogen-bond donors (Lipinski definition) is 1. The fourth-order valence-electron chi connectivity index (χ4n) is 2.32. The predicted octanol–water partition coefficient (Wildman–Crippen LogP) is 4.18. The normalized spacial score (nSPS) is 11.0. The lowest BCUT2D eigenvalue weighted by molar-refractivity contribution is 0.102. The van der Waals surface area contributed by atoms with Crippen molar-refractivity contribution in [3.05, 3.63) is 53.9 Å². The van der Waals surface area contributed by atoms with Crippen molar-refractivity contribution >= 4 is 22.7 Å². The van der Waals surface area contributed by atoms with E-state index < -0.39 is 0 Å². The third kappa shape index (κ3) is 3.34. The minimum absolute atomic E-state index is 0.00449.